The van der Waals surface area contributed by atoms with Crippen LogP contribution >= 0.6 is 0 Å². The lowest BCUT2D eigenvalue weighted by atomic mass is 10.0. The third-order valence-electron chi connectivity index (χ3n) is 1.74. The lowest BCUT2D eigenvalue weighted by molar-refractivity contribution is -0.164. The fraction of sp³-hybridized carbons (Fsp3) is 0.857. The summed E-state index contributed by atoms with van der Waals surface area (Å²) >= 11 is 0. The van der Waals surface area contributed by atoms with Gasteiger partial charge in [0.25, 0.3) is 0 Å². The summed E-state index contributed by atoms with van der Waals surface area (Å²) in [6.07, 6.45) is 0.621. The van der Waals surface area contributed by atoms with E-state index in [1.165, 1.54) is 14.2 Å². The highest BCUT2D eigenvalue weighted by molar-refractivity contribution is 5.78. The van der Waals surface area contributed by atoms with Crippen LogP contribution in [0.1, 0.15) is 20.3 Å². The van der Waals surface area contributed by atoms with Crippen LogP contribution in [0.15, 0.2) is 0 Å². The Hall–Kier alpha value is -0.570. The monoisotopic (exact) mass is 146 g/mol. The van der Waals surface area contributed by atoms with Crippen molar-refractivity contribution in [1.29, 1.82) is 0 Å². The number of carbonyl (C=O) groups excluding carboxylic acids is 1. The molecule has 3 nitrogen and oxygen atoms in total. The van der Waals surface area contributed by atoms with Crippen molar-refractivity contribution in [2.75, 3.05) is 14.2 Å². The Labute approximate surface area is 61.3 Å². The molecule has 0 fully saturated rings. The lowest BCUT2D eigenvalue weighted by Gasteiger charge is -2.22. The largest absolute Gasteiger partial charge is 0.467 e. The van der Waals surface area contributed by atoms with Gasteiger partial charge in [-0.15, -0.1) is 0 Å². The Bertz CT molecular complexity index is 116. The fourth-order valence-corrected chi connectivity index (χ4v) is 0.588. The highest BCUT2D eigenvalue weighted by Crippen LogP contribution is 2.14. The zero-order valence-electron chi connectivity index (χ0n) is 6.93. The van der Waals surface area contributed by atoms with Crippen molar-refractivity contribution in [3.8, 4) is 0 Å². The molecule has 0 saturated carbocycles. The van der Waals surface area contributed by atoms with Crippen LogP contribution in [0.3, 0.4) is 0 Å². The molecule has 0 spiro atoms. The Morgan fingerprint density at radius 1 is 1.50 bits per heavy atom. The predicted octanol–water partition coefficient (Wildman–Crippen LogP) is 0.975. The molecule has 0 rings (SSSR count). The number of esters is 1. The molecule has 10 heavy (non-hydrogen) atoms. The van der Waals surface area contributed by atoms with Crippen molar-refractivity contribution in [2.45, 2.75) is 25.9 Å². The van der Waals surface area contributed by atoms with Gasteiger partial charge < -0.3 is 9.47 Å². The van der Waals surface area contributed by atoms with Crippen LogP contribution in [0.2, 0.25) is 0 Å². The zero-order chi connectivity index (χ0) is 8.20. The van der Waals surface area contributed by atoms with Crippen LogP contribution in [0.5, 0.6) is 0 Å². The normalized spacial score (nSPS) is 16.0. The molecule has 0 aromatic carbocycles. The molecule has 0 aliphatic heterocycles. The van der Waals surface area contributed by atoms with Gasteiger partial charge in [0, 0.05) is 7.11 Å². The van der Waals surface area contributed by atoms with Crippen molar-refractivity contribution >= 4 is 5.97 Å². The van der Waals surface area contributed by atoms with Gasteiger partial charge in [0.2, 0.25) is 0 Å². The Morgan fingerprint density at radius 3 is 2.10 bits per heavy atom. The van der Waals surface area contributed by atoms with E-state index in [0.717, 1.165) is 0 Å². The fourth-order valence-electron chi connectivity index (χ4n) is 0.588. The van der Waals surface area contributed by atoms with Crippen LogP contribution in [0.4, 0.5) is 0 Å². The SMILES string of the molecule is CC[C@@](C)(OC)C(=O)OC. The predicted molar refractivity (Wildman–Crippen MR) is 37.7 cm³/mol. The van der Waals surface area contributed by atoms with Crippen molar-refractivity contribution < 1.29 is 14.3 Å². The molecule has 0 bridgehead atoms. The van der Waals surface area contributed by atoms with Gasteiger partial charge in [0.1, 0.15) is 0 Å². The van der Waals surface area contributed by atoms with Crippen LogP contribution in [0, 0.1) is 0 Å². The van der Waals surface area contributed by atoms with Crippen molar-refractivity contribution in [3.05, 3.63) is 0 Å². The van der Waals surface area contributed by atoms with Gasteiger partial charge in [0.05, 0.1) is 7.11 Å². The summed E-state index contributed by atoms with van der Waals surface area (Å²) in [6.45, 7) is 3.58. The molecule has 0 aliphatic rings. The quantitative estimate of drug-likeness (QED) is 0.557. The third kappa shape index (κ3) is 1.70. The minimum atomic E-state index is -0.769. The summed E-state index contributed by atoms with van der Waals surface area (Å²) in [5, 5.41) is 0. The number of carbonyl (C=O) groups is 1. The first-order chi connectivity index (χ1) is 4.60. The van der Waals surface area contributed by atoms with E-state index in [-0.39, 0.29) is 5.97 Å². The molecule has 0 unspecified atom stereocenters. The minimum Gasteiger partial charge on any atom is -0.467 e. The van der Waals surface area contributed by atoms with E-state index < -0.39 is 5.60 Å². The van der Waals surface area contributed by atoms with Gasteiger partial charge in [-0.2, -0.15) is 0 Å². The molecule has 1 atom stereocenters. The Morgan fingerprint density at radius 2 is 2.00 bits per heavy atom. The first-order valence-electron chi connectivity index (χ1n) is 3.24. The number of hydrogen-bond donors (Lipinski definition) is 0. The Kier molecular flexibility index (Phi) is 3.36. The van der Waals surface area contributed by atoms with Gasteiger partial charge in [-0.25, -0.2) is 4.79 Å². The summed E-state index contributed by atoms with van der Waals surface area (Å²) in [5.74, 6) is -0.322. The minimum absolute atomic E-state index is 0.322. The number of rotatable bonds is 3. The standard InChI is InChI=1S/C7H14O3/c1-5-7(2,10-4)6(8)9-3/h5H2,1-4H3/t7-/m1/s1. The van der Waals surface area contributed by atoms with E-state index in [1.807, 2.05) is 6.92 Å². The van der Waals surface area contributed by atoms with Crippen LogP contribution in [-0.2, 0) is 14.3 Å². The maximum atomic E-state index is 10.9. The Balaban J connectivity index is 4.17. The molecule has 0 aliphatic carbocycles. The first kappa shape index (κ1) is 9.43. The maximum Gasteiger partial charge on any atom is 0.337 e. The smallest absolute Gasteiger partial charge is 0.337 e. The molecular weight excluding hydrogens is 132 g/mol. The second-order valence-corrected chi connectivity index (χ2v) is 2.28. The zero-order valence-corrected chi connectivity index (χ0v) is 6.93. The molecule has 0 amide bonds. The topological polar surface area (TPSA) is 35.5 Å². The van der Waals surface area contributed by atoms with E-state index in [9.17, 15) is 4.79 Å². The van der Waals surface area contributed by atoms with Crippen LogP contribution < -0.4 is 0 Å². The lowest BCUT2D eigenvalue weighted by Crippen LogP contribution is -2.37. The average Bonchev–Trinajstić information content (AvgIpc) is 2.01. The molecule has 0 N–H and O–H groups in total. The molecule has 0 saturated heterocycles. The van der Waals surface area contributed by atoms with E-state index in [1.54, 1.807) is 6.92 Å². The molecular formula is C7H14O3. The number of ether oxygens (including phenoxy) is 2. The summed E-state index contributed by atoms with van der Waals surface area (Å²) in [7, 11) is 2.86. The van der Waals surface area contributed by atoms with Crippen molar-refractivity contribution in [3.63, 3.8) is 0 Å². The van der Waals surface area contributed by atoms with Gasteiger partial charge in [-0.3, -0.25) is 0 Å². The second kappa shape index (κ2) is 3.56. The molecule has 60 valence electrons. The number of methoxy groups -OCH3 is 2. The van der Waals surface area contributed by atoms with Crippen LogP contribution in [-0.4, -0.2) is 25.8 Å². The molecule has 0 heterocycles. The number of hydrogen-bond acceptors (Lipinski definition) is 3. The molecule has 0 aromatic rings. The van der Waals surface area contributed by atoms with Gasteiger partial charge in [-0.05, 0) is 13.3 Å². The summed E-state index contributed by atoms with van der Waals surface area (Å²) < 4.78 is 9.50. The summed E-state index contributed by atoms with van der Waals surface area (Å²) in [5.41, 5.74) is -0.769. The average molecular weight is 146 g/mol. The van der Waals surface area contributed by atoms with Crippen molar-refractivity contribution in [1.82, 2.24) is 0 Å². The summed E-state index contributed by atoms with van der Waals surface area (Å²) in [4.78, 5) is 10.9. The van der Waals surface area contributed by atoms with E-state index in [4.69, 9.17) is 4.74 Å². The second-order valence-electron chi connectivity index (χ2n) is 2.28. The molecule has 0 aromatic heterocycles. The van der Waals surface area contributed by atoms with E-state index in [2.05, 4.69) is 4.74 Å². The van der Waals surface area contributed by atoms with Crippen LogP contribution in [0.25, 0.3) is 0 Å². The highest BCUT2D eigenvalue weighted by Gasteiger charge is 2.31. The maximum absolute atomic E-state index is 10.9. The van der Waals surface area contributed by atoms with Gasteiger partial charge in [0.15, 0.2) is 5.60 Å². The van der Waals surface area contributed by atoms with Gasteiger partial charge in [-0.1, -0.05) is 6.92 Å². The molecule has 0 radical (unpaired) electrons. The molecule has 3 heteroatoms. The third-order valence-corrected chi connectivity index (χ3v) is 1.74. The van der Waals surface area contributed by atoms with Crippen molar-refractivity contribution in [2.24, 2.45) is 0 Å². The first-order valence-corrected chi connectivity index (χ1v) is 3.24. The highest BCUT2D eigenvalue weighted by atomic mass is 16.6. The van der Waals surface area contributed by atoms with E-state index >= 15 is 0 Å². The summed E-state index contributed by atoms with van der Waals surface area (Å²) in [6, 6.07) is 0. The van der Waals surface area contributed by atoms with Gasteiger partial charge >= 0.3 is 5.97 Å². The van der Waals surface area contributed by atoms with E-state index in [0.29, 0.717) is 6.42 Å².